The van der Waals surface area contributed by atoms with Crippen LogP contribution in [0.4, 0.5) is 0 Å². The lowest BCUT2D eigenvalue weighted by Gasteiger charge is -2.40. The Morgan fingerprint density at radius 2 is 1.31 bits per heavy atom. The number of fused-ring (bicyclic) bond motifs is 3. The number of hydrazone groups is 2. The Morgan fingerprint density at radius 3 is 1.93 bits per heavy atom. The van der Waals surface area contributed by atoms with Crippen molar-refractivity contribution >= 4 is 59.2 Å². The molecule has 54 heavy (non-hydrogen) atoms. The van der Waals surface area contributed by atoms with Gasteiger partial charge < -0.3 is 20.4 Å². The summed E-state index contributed by atoms with van der Waals surface area (Å²) in [6.07, 6.45) is 6.88. The zero-order valence-electron chi connectivity index (χ0n) is 31.2. The maximum atomic E-state index is 14.7. The summed E-state index contributed by atoms with van der Waals surface area (Å²) in [5, 5.41) is 17.7. The lowest BCUT2D eigenvalue weighted by atomic mass is 9.95. The minimum atomic E-state index is -1.02. The number of likely N-dealkylation sites (N-methyl/N-ethyl adjacent to an activating group) is 1. The Bertz CT molecular complexity index is 1770. The molecule has 14 heteroatoms. The molecule has 4 aliphatic heterocycles. The Balaban J connectivity index is 1.43. The Labute approximate surface area is 322 Å². The average molecular weight is 755 g/mol. The standard InChI is InChI=1S/C40H50N8O5S/c1-4-26(2)34-40(53)48-32(19-12-22-42-48)39(52)47-31(18-11-21-41-47)37(50)45(3)33(25-28-16-9-6-10-17-28)38(51)46-23-13-20-30(46)35(49)43-29(36(54)44-34)24-27-14-7-5-8-15-27/h5-10,14-17,21-22,26,29-34H,4,11-13,18-20,23-25H2,1-3H3,(H,43,49)(H,44,54)/t26-,29+,30-,31-,32+,33+,34-/m0/s1. The van der Waals surface area contributed by atoms with E-state index in [-0.39, 0.29) is 42.0 Å². The number of thiocarbonyl (C=S) groups is 1. The summed E-state index contributed by atoms with van der Waals surface area (Å²) in [7, 11) is 1.58. The first-order valence-electron chi connectivity index (χ1n) is 19.1. The van der Waals surface area contributed by atoms with Crippen molar-refractivity contribution in [2.75, 3.05) is 13.6 Å². The molecule has 0 radical (unpaired) electrons. The van der Waals surface area contributed by atoms with E-state index < -0.39 is 54.0 Å². The van der Waals surface area contributed by atoms with Crippen molar-refractivity contribution in [1.82, 2.24) is 30.5 Å². The summed E-state index contributed by atoms with van der Waals surface area (Å²) in [6.45, 7) is 4.23. The van der Waals surface area contributed by atoms with E-state index in [2.05, 4.69) is 20.8 Å². The van der Waals surface area contributed by atoms with Gasteiger partial charge in [0.05, 0.1) is 11.0 Å². The van der Waals surface area contributed by atoms with Gasteiger partial charge in [-0.25, -0.2) is 10.0 Å². The van der Waals surface area contributed by atoms with E-state index in [0.717, 1.165) is 11.1 Å². The highest BCUT2D eigenvalue weighted by atomic mass is 32.1. The molecule has 0 unspecified atom stereocenters. The van der Waals surface area contributed by atoms with E-state index in [1.807, 2.05) is 74.5 Å². The molecule has 0 bridgehead atoms. The maximum absolute atomic E-state index is 14.7. The predicted octanol–water partition coefficient (Wildman–Crippen LogP) is 3.07. The third kappa shape index (κ3) is 8.38. The number of benzene rings is 2. The molecule has 4 aliphatic rings. The van der Waals surface area contributed by atoms with Crippen LogP contribution in [0.25, 0.3) is 0 Å². The van der Waals surface area contributed by atoms with Crippen LogP contribution in [0.3, 0.4) is 0 Å². The number of nitrogens with one attached hydrogen (secondary N) is 2. The van der Waals surface area contributed by atoms with Gasteiger partial charge in [0.1, 0.15) is 30.2 Å². The van der Waals surface area contributed by atoms with Gasteiger partial charge in [-0.3, -0.25) is 24.0 Å². The van der Waals surface area contributed by atoms with Crippen molar-refractivity contribution in [1.29, 1.82) is 0 Å². The van der Waals surface area contributed by atoms with Crippen molar-refractivity contribution in [3.8, 4) is 0 Å². The molecule has 2 aromatic carbocycles. The summed E-state index contributed by atoms with van der Waals surface area (Å²) in [5.41, 5.74) is 1.77. The largest absolute Gasteiger partial charge is 0.366 e. The zero-order chi connectivity index (χ0) is 38.4. The van der Waals surface area contributed by atoms with E-state index >= 15 is 0 Å². The van der Waals surface area contributed by atoms with E-state index in [0.29, 0.717) is 45.1 Å². The molecule has 0 aromatic heterocycles. The van der Waals surface area contributed by atoms with Crippen LogP contribution >= 0.6 is 12.2 Å². The fourth-order valence-electron chi connectivity index (χ4n) is 7.71. The van der Waals surface area contributed by atoms with Gasteiger partial charge in [-0.15, -0.1) is 0 Å². The van der Waals surface area contributed by atoms with Crippen molar-refractivity contribution in [2.45, 2.75) is 108 Å². The van der Waals surface area contributed by atoms with Crippen LogP contribution in [0.1, 0.15) is 69.9 Å². The summed E-state index contributed by atoms with van der Waals surface area (Å²) < 4.78 is 0. The molecular formula is C40H50N8O5S. The first-order valence-corrected chi connectivity index (χ1v) is 19.5. The van der Waals surface area contributed by atoms with E-state index in [1.165, 1.54) is 14.9 Å². The highest BCUT2D eigenvalue weighted by Gasteiger charge is 2.46. The predicted molar refractivity (Wildman–Crippen MR) is 209 cm³/mol. The number of hydrogen-bond donors (Lipinski definition) is 2. The molecule has 286 valence electrons. The summed E-state index contributed by atoms with van der Waals surface area (Å²) in [6, 6.07) is 13.6. The van der Waals surface area contributed by atoms with E-state index in [1.54, 1.807) is 24.4 Å². The SMILES string of the molecule is CC[C@H](C)[C@@H]1NC(=S)[C@@H](Cc2ccccc2)NC(=O)[C@@H]2CCCN2C(=O)[C@@H](Cc2ccccc2)N(C)C(=O)[C@@H]2CCC=NN2C(=O)[C@H]2CCC=NN2C1=O. The first-order chi connectivity index (χ1) is 26.1. The van der Waals surface area contributed by atoms with Crippen LogP contribution in [0.5, 0.6) is 0 Å². The number of carbonyl (C=O) groups is 5. The summed E-state index contributed by atoms with van der Waals surface area (Å²) >= 11 is 6.01. The van der Waals surface area contributed by atoms with Gasteiger partial charge >= 0.3 is 0 Å². The molecule has 13 nitrogen and oxygen atoms in total. The molecule has 2 fully saturated rings. The molecule has 5 amide bonds. The van der Waals surface area contributed by atoms with Crippen molar-refractivity contribution in [2.24, 2.45) is 16.1 Å². The third-order valence-corrected chi connectivity index (χ3v) is 11.5. The second-order valence-corrected chi connectivity index (χ2v) is 15.1. The molecule has 0 saturated carbocycles. The van der Waals surface area contributed by atoms with Gasteiger partial charge in [-0.1, -0.05) is 93.1 Å². The van der Waals surface area contributed by atoms with Crippen molar-refractivity contribution in [3.63, 3.8) is 0 Å². The monoisotopic (exact) mass is 754 g/mol. The highest BCUT2D eigenvalue weighted by Crippen LogP contribution is 2.27. The molecule has 2 saturated heterocycles. The normalized spacial score (nSPS) is 27.8. The van der Waals surface area contributed by atoms with Crippen LogP contribution < -0.4 is 10.6 Å². The van der Waals surface area contributed by atoms with Crippen LogP contribution in [0.2, 0.25) is 0 Å². The van der Waals surface area contributed by atoms with Gasteiger partial charge in [0.2, 0.25) is 17.7 Å². The van der Waals surface area contributed by atoms with Gasteiger partial charge in [0.25, 0.3) is 11.8 Å². The van der Waals surface area contributed by atoms with Gasteiger partial charge in [0.15, 0.2) is 0 Å². The molecule has 4 heterocycles. The van der Waals surface area contributed by atoms with E-state index in [9.17, 15) is 24.0 Å². The van der Waals surface area contributed by atoms with Crippen LogP contribution in [0, 0.1) is 5.92 Å². The zero-order valence-corrected chi connectivity index (χ0v) is 32.0. The molecule has 7 atom stereocenters. The maximum Gasteiger partial charge on any atom is 0.268 e. The second kappa shape index (κ2) is 17.4. The minimum Gasteiger partial charge on any atom is -0.366 e. The van der Waals surface area contributed by atoms with Crippen LogP contribution in [-0.2, 0) is 36.8 Å². The molecular weight excluding hydrogens is 705 g/mol. The van der Waals surface area contributed by atoms with Crippen LogP contribution in [0.15, 0.2) is 70.9 Å². The Hall–Kier alpha value is -4.98. The highest BCUT2D eigenvalue weighted by molar-refractivity contribution is 7.80. The fraction of sp³-hybridized carbons (Fsp3) is 0.500. The number of rotatable bonds is 6. The molecule has 6 rings (SSSR count). The fourth-order valence-corrected chi connectivity index (χ4v) is 7.98. The van der Waals surface area contributed by atoms with Gasteiger partial charge in [-0.05, 0) is 62.0 Å². The number of amides is 5. The molecule has 0 spiro atoms. The minimum absolute atomic E-state index is 0.206. The van der Waals surface area contributed by atoms with E-state index in [4.69, 9.17) is 12.2 Å². The van der Waals surface area contributed by atoms with Crippen LogP contribution in [-0.4, -0.2) is 117 Å². The first kappa shape index (κ1) is 38.7. The lowest BCUT2D eigenvalue weighted by molar-refractivity contribution is -0.156. The number of carbonyl (C=O) groups excluding carboxylic acids is 5. The Morgan fingerprint density at radius 1 is 0.741 bits per heavy atom. The number of hydrogen-bond acceptors (Lipinski definition) is 8. The summed E-state index contributed by atoms with van der Waals surface area (Å²) in [5.74, 6) is -2.34. The van der Waals surface area contributed by atoms with Crippen molar-refractivity contribution in [3.05, 3.63) is 71.8 Å². The molecule has 0 aliphatic carbocycles. The quantitative estimate of drug-likeness (QED) is 0.431. The smallest absolute Gasteiger partial charge is 0.268 e. The van der Waals surface area contributed by atoms with Gasteiger partial charge in [-0.2, -0.15) is 10.2 Å². The van der Waals surface area contributed by atoms with Crippen molar-refractivity contribution < 1.29 is 24.0 Å². The topological polar surface area (TPSA) is 147 Å². The number of nitrogens with zero attached hydrogens (tertiary/aromatic N) is 6. The second-order valence-electron chi connectivity index (χ2n) is 14.6. The summed E-state index contributed by atoms with van der Waals surface area (Å²) in [4.78, 5) is 75.9. The molecule has 2 aromatic rings. The average Bonchev–Trinajstić information content (AvgIpc) is 3.71. The van der Waals surface area contributed by atoms with Gasteiger partial charge in [0, 0.05) is 32.4 Å². The lowest BCUT2D eigenvalue weighted by Crippen LogP contribution is -2.62. The third-order valence-electron chi connectivity index (χ3n) is 11.1. The Kier molecular flexibility index (Phi) is 12.5. The molecule has 2 N–H and O–H groups in total.